The lowest BCUT2D eigenvalue weighted by Crippen LogP contribution is -2.38. The molecule has 2 rings (SSSR count). The number of rotatable bonds is 5. The van der Waals surface area contributed by atoms with Gasteiger partial charge in [0.15, 0.2) is 0 Å². The van der Waals surface area contributed by atoms with Crippen molar-refractivity contribution in [1.29, 1.82) is 0 Å². The largest absolute Gasteiger partial charge is 0.496 e. The molecule has 0 radical (unpaired) electrons. The Hall–Kier alpha value is -1.59. The SMILES string of the molecule is COc1ccccc1CNC(=O)CN1C[C@@H](C)[C@@](C)(O)C1. The third-order valence-corrected chi connectivity index (χ3v) is 4.17. The molecule has 0 aliphatic carbocycles. The van der Waals surface area contributed by atoms with Gasteiger partial charge in [-0.2, -0.15) is 0 Å². The molecule has 1 heterocycles. The Balaban J connectivity index is 1.83. The van der Waals surface area contributed by atoms with E-state index >= 15 is 0 Å². The van der Waals surface area contributed by atoms with E-state index in [9.17, 15) is 9.90 Å². The van der Waals surface area contributed by atoms with Crippen LogP contribution >= 0.6 is 0 Å². The van der Waals surface area contributed by atoms with Crippen LogP contribution in [0.2, 0.25) is 0 Å². The lowest BCUT2D eigenvalue weighted by molar-refractivity contribution is -0.122. The van der Waals surface area contributed by atoms with Gasteiger partial charge in [-0.15, -0.1) is 0 Å². The summed E-state index contributed by atoms with van der Waals surface area (Å²) in [6.07, 6.45) is 0. The molecule has 0 saturated carbocycles. The molecular weight excluding hydrogens is 268 g/mol. The van der Waals surface area contributed by atoms with E-state index in [1.807, 2.05) is 43.0 Å². The van der Waals surface area contributed by atoms with Crippen molar-refractivity contribution >= 4 is 5.91 Å². The van der Waals surface area contributed by atoms with Crippen LogP contribution in [0, 0.1) is 5.92 Å². The van der Waals surface area contributed by atoms with Gasteiger partial charge in [0.2, 0.25) is 5.91 Å². The summed E-state index contributed by atoms with van der Waals surface area (Å²) in [5, 5.41) is 13.0. The smallest absolute Gasteiger partial charge is 0.234 e. The highest BCUT2D eigenvalue weighted by molar-refractivity contribution is 5.78. The molecule has 0 spiro atoms. The van der Waals surface area contributed by atoms with Gasteiger partial charge in [-0.25, -0.2) is 0 Å². The number of aliphatic hydroxyl groups is 1. The Morgan fingerprint density at radius 1 is 1.52 bits per heavy atom. The average Bonchev–Trinajstić information content (AvgIpc) is 2.69. The van der Waals surface area contributed by atoms with Gasteiger partial charge in [0.25, 0.3) is 0 Å². The standard InChI is InChI=1S/C16H24N2O3/c1-12-9-18(11-16(12,2)20)10-15(19)17-8-13-6-4-5-7-14(13)21-3/h4-7,12,20H,8-11H2,1-3H3,(H,17,19)/t12-,16+/m1/s1. The molecule has 1 fully saturated rings. The number of amides is 1. The molecule has 116 valence electrons. The molecule has 2 N–H and O–H groups in total. The second kappa shape index (κ2) is 6.45. The first-order valence-corrected chi connectivity index (χ1v) is 7.25. The second-order valence-corrected chi connectivity index (χ2v) is 6.02. The second-order valence-electron chi connectivity index (χ2n) is 6.02. The van der Waals surface area contributed by atoms with Crippen LogP contribution in [0.4, 0.5) is 0 Å². The Morgan fingerprint density at radius 2 is 2.24 bits per heavy atom. The number of methoxy groups -OCH3 is 1. The van der Waals surface area contributed by atoms with Crippen molar-refractivity contribution in [2.24, 2.45) is 5.92 Å². The zero-order valence-electron chi connectivity index (χ0n) is 12.9. The van der Waals surface area contributed by atoms with E-state index in [2.05, 4.69) is 5.32 Å². The molecule has 5 nitrogen and oxygen atoms in total. The van der Waals surface area contributed by atoms with Crippen LogP contribution in [0.25, 0.3) is 0 Å². The Morgan fingerprint density at radius 3 is 2.86 bits per heavy atom. The summed E-state index contributed by atoms with van der Waals surface area (Å²) in [5.41, 5.74) is 0.248. The number of β-amino-alcohol motifs (C(OH)–C–C–N with tert-alkyl or cyclic N) is 1. The molecular formula is C16H24N2O3. The minimum Gasteiger partial charge on any atom is -0.496 e. The summed E-state index contributed by atoms with van der Waals surface area (Å²) >= 11 is 0. The maximum Gasteiger partial charge on any atom is 0.234 e. The van der Waals surface area contributed by atoms with Crippen molar-refractivity contribution in [1.82, 2.24) is 10.2 Å². The number of likely N-dealkylation sites (tertiary alicyclic amines) is 1. The lowest BCUT2D eigenvalue weighted by Gasteiger charge is -2.20. The number of carbonyl (C=O) groups excluding carboxylic acids is 1. The highest BCUT2D eigenvalue weighted by Gasteiger charge is 2.38. The summed E-state index contributed by atoms with van der Waals surface area (Å²) in [4.78, 5) is 14.0. The molecule has 1 amide bonds. The van der Waals surface area contributed by atoms with Gasteiger partial charge < -0.3 is 15.2 Å². The molecule has 1 aliphatic rings. The van der Waals surface area contributed by atoms with Gasteiger partial charge in [-0.3, -0.25) is 9.69 Å². The Bertz CT molecular complexity index is 502. The van der Waals surface area contributed by atoms with Gasteiger partial charge >= 0.3 is 0 Å². The maximum atomic E-state index is 12.0. The van der Waals surface area contributed by atoms with Gasteiger partial charge in [-0.05, 0) is 18.9 Å². The van der Waals surface area contributed by atoms with Crippen LogP contribution in [0.5, 0.6) is 5.75 Å². The predicted octanol–water partition coefficient (Wildman–Crippen LogP) is 1.01. The van der Waals surface area contributed by atoms with Crippen LogP contribution in [0.15, 0.2) is 24.3 Å². The zero-order valence-corrected chi connectivity index (χ0v) is 12.9. The summed E-state index contributed by atoms with van der Waals surface area (Å²) in [7, 11) is 1.62. The minimum atomic E-state index is -0.705. The normalized spacial score (nSPS) is 25.8. The molecule has 1 saturated heterocycles. The molecule has 1 aromatic carbocycles. The first kappa shape index (κ1) is 15.8. The van der Waals surface area contributed by atoms with Crippen LogP contribution in [0.3, 0.4) is 0 Å². The van der Waals surface area contributed by atoms with Crippen LogP contribution in [-0.4, -0.2) is 48.3 Å². The fourth-order valence-electron chi connectivity index (χ4n) is 2.68. The highest BCUT2D eigenvalue weighted by atomic mass is 16.5. The van der Waals surface area contributed by atoms with E-state index in [1.165, 1.54) is 0 Å². The summed E-state index contributed by atoms with van der Waals surface area (Å²) < 4.78 is 5.26. The number of nitrogens with one attached hydrogen (secondary N) is 1. The van der Waals surface area contributed by atoms with Crippen LogP contribution < -0.4 is 10.1 Å². The summed E-state index contributed by atoms with van der Waals surface area (Å²) in [5.74, 6) is 0.917. The van der Waals surface area contributed by atoms with E-state index in [4.69, 9.17) is 4.74 Å². The summed E-state index contributed by atoms with van der Waals surface area (Å²) in [6.45, 7) is 5.88. The number of carbonyl (C=O) groups is 1. The van der Waals surface area contributed by atoms with Crippen LogP contribution in [0.1, 0.15) is 19.4 Å². The molecule has 2 atom stereocenters. The van der Waals surface area contributed by atoms with E-state index in [0.29, 0.717) is 19.6 Å². The molecule has 21 heavy (non-hydrogen) atoms. The first-order valence-electron chi connectivity index (χ1n) is 7.25. The zero-order chi connectivity index (χ0) is 15.5. The molecule has 0 bridgehead atoms. The molecule has 1 aromatic rings. The van der Waals surface area contributed by atoms with Gasteiger partial charge in [0, 0.05) is 25.2 Å². The van der Waals surface area contributed by atoms with Gasteiger partial charge in [-0.1, -0.05) is 25.1 Å². The highest BCUT2D eigenvalue weighted by Crippen LogP contribution is 2.26. The van der Waals surface area contributed by atoms with Gasteiger partial charge in [0.1, 0.15) is 5.75 Å². The summed E-state index contributed by atoms with van der Waals surface area (Å²) in [6, 6.07) is 7.63. The third kappa shape index (κ3) is 3.95. The monoisotopic (exact) mass is 292 g/mol. The topological polar surface area (TPSA) is 61.8 Å². The fraction of sp³-hybridized carbons (Fsp3) is 0.562. The van der Waals surface area contributed by atoms with Crippen molar-refractivity contribution in [3.8, 4) is 5.75 Å². The quantitative estimate of drug-likeness (QED) is 0.850. The maximum absolute atomic E-state index is 12.0. The number of hydrogen-bond acceptors (Lipinski definition) is 4. The predicted molar refractivity (Wildman–Crippen MR) is 81.1 cm³/mol. The van der Waals surface area contributed by atoms with E-state index in [1.54, 1.807) is 7.11 Å². The molecule has 1 aliphatic heterocycles. The lowest BCUT2D eigenvalue weighted by atomic mass is 9.95. The average molecular weight is 292 g/mol. The van der Waals surface area contributed by atoms with Crippen molar-refractivity contribution in [3.63, 3.8) is 0 Å². The van der Waals surface area contributed by atoms with Gasteiger partial charge in [0.05, 0.1) is 19.3 Å². The van der Waals surface area contributed by atoms with E-state index < -0.39 is 5.60 Å². The molecule has 0 unspecified atom stereocenters. The molecule has 5 heteroatoms. The number of ether oxygens (including phenoxy) is 1. The van der Waals surface area contributed by atoms with Crippen molar-refractivity contribution in [2.45, 2.75) is 26.0 Å². The minimum absolute atomic E-state index is 0.0363. The Kier molecular flexibility index (Phi) is 4.85. The molecule has 0 aromatic heterocycles. The number of hydrogen-bond donors (Lipinski definition) is 2. The number of nitrogens with zero attached hydrogens (tertiary/aromatic N) is 1. The third-order valence-electron chi connectivity index (χ3n) is 4.17. The van der Waals surface area contributed by atoms with E-state index in [-0.39, 0.29) is 11.8 Å². The van der Waals surface area contributed by atoms with Crippen molar-refractivity contribution < 1.29 is 14.6 Å². The fourth-order valence-corrected chi connectivity index (χ4v) is 2.68. The number of benzene rings is 1. The first-order chi connectivity index (χ1) is 9.92. The van der Waals surface area contributed by atoms with Crippen molar-refractivity contribution in [2.75, 3.05) is 26.7 Å². The van der Waals surface area contributed by atoms with E-state index in [0.717, 1.165) is 17.9 Å². The number of para-hydroxylation sites is 1. The Labute approximate surface area is 125 Å². The van der Waals surface area contributed by atoms with Crippen molar-refractivity contribution in [3.05, 3.63) is 29.8 Å². The van der Waals surface area contributed by atoms with Crippen LogP contribution in [-0.2, 0) is 11.3 Å².